The highest BCUT2D eigenvalue weighted by Crippen LogP contribution is 2.40. The number of halogens is 2. The van der Waals surface area contributed by atoms with E-state index in [0.717, 1.165) is 9.13 Å². The Kier molecular flexibility index (Phi) is 8.17. The van der Waals surface area contributed by atoms with Crippen LogP contribution in [0.25, 0.3) is 11.3 Å². The molecule has 5 rings (SSSR count). The number of imidazole rings is 1. The molecule has 1 fully saturated rings. The first-order chi connectivity index (χ1) is 19.3. The highest BCUT2D eigenvalue weighted by Gasteiger charge is 2.46. The number of rotatable bonds is 9. The highest BCUT2D eigenvalue weighted by atomic mass is 127. The fourth-order valence-corrected chi connectivity index (χ4v) is 5.45. The van der Waals surface area contributed by atoms with Crippen LogP contribution in [0.5, 0.6) is 5.75 Å². The summed E-state index contributed by atoms with van der Waals surface area (Å²) in [5.41, 5.74) is 2.90. The maximum Gasteiger partial charge on any atom is 0.325 e. The van der Waals surface area contributed by atoms with Crippen molar-refractivity contribution in [2.45, 2.75) is 31.8 Å². The fourth-order valence-electron chi connectivity index (χ4n) is 4.99. The number of aromatic amines is 1. The van der Waals surface area contributed by atoms with E-state index in [0.29, 0.717) is 34.1 Å². The molecule has 0 radical (unpaired) electrons. The van der Waals surface area contributed by atoms with Gasteiger partial charge in [0.25, 0.3) is 5.91 Å². The highest BCUT2D eigenvalue weighted by molar-refractivity contribution is 14.1. The molecule has 1 aromatic heterocycles. The van der Waals surface area contributed by atoms with E-state index >= 15 is 0 Å². The number of aryl methyl sites for hydroxylation is 1. The van der Waals surface area contributed by atoms with Crippen LogP contribution in [0.3, 0.4) is 0 Å². The molecule has 1 unspecified atom stereocenters. The maximum absolute atomic E-state index is 14.9. The zero-order valence-electron chi connectivity index (χ0n) is 21.9. The molecule has 3 amide bonds. The van der Waals surface area contributed by atoms with Gasteiger partial charge < -0.3 is 20.1 Å². The Morgan fingerprint density at radius 3 is 2.50 bits per heavy atom. The second kappa shape index (κ2) is 11.8. The van der Waals surface area contributed by atoms with Gasteiger partial charge in [0, 0.05) is 20.7 Å². The molecule has 3 atom stereocenters. The monoisotopic (exact) mass is 654 g/mol. The summed E-state index contributed by atoms with van der Waals surface area (Å²) >= 11 is 2.05. The van der Waals surface area contributed by atoms with Crippen molar-refractivity contribution >= 4 is 34.5 Å². The molecule has 0 aliphatic carbocycles. The second-order valence-electron chi connectivity index (χ2n) is 9.60. The number of aromatic nitrogens is 2. The number of nitrogens with zero attached hydrogens (tertiary/aromatic N) is 2. The summed E-state index contributed by atoms with van der Waals surface area (Å²) in [7, 11) is 0. The van der Waals surface area contributed by atoms with Gasteiger partial charge in [-0.05, 0) is 71.0 Å². The van der Waals surface area contributed by atoms with Gasteiger partial charge in [-0.15, -0.1) is 0 Å². The van der Waals surface area contributed by atoms with E-state index < -0.39 is 29.8 Å². The third-order valence-corrected chi connectivity index (χ3v) is 7.66. The molecule has 1 aliphatic rings. The first-order valence-electron chi connectivity index (χ1n) is 12.8. The van der Waals surface area contributed by atoms with Crippen molar-refractivity contribution in [3.8, 4) is 17.0 Å². The number of carbonyl (C=O) groups is 2. The summed E-state index contributed by atoms with van der Waals surface area (Å²) in [6, 6.07) is 19.1. The standard InChI is InChI=1S/C30H28FIN4O4/c1-17(19-6-4-3-5-7-19)27(28-33-18(2)25(34-28)23-13-10-21(32)16-24(23)31)36-29(38)26(35-30(36)39)20-8-11-22(12-9-20)40-15-14-37/h3-13,16-17,26-27,37H,14-15H2,1-2H3,(H,33,34)(H,35,39)/t17-,26+,27?/m0/s1. The second-order valence-corrected chi connectivity index (χ2v) is 10.8. The molecular weight excluding hydrogens is 626 g/mol. The Morgan fingerprint density at radius 2 is 1.82 bits per heavy atom. The van der Waals surface area contributed by atoms with E-state index in [1.807, 2.05) is 37.3 Å². The molecule has 1 saturated heterocycles. The Hall–Kier alpha value is -3.77. The summed E-state index contributed by atoms with van der Waals surface area (Å²) in [6.07, 6.45) is 0. The Labute approximate surface area is 244 Å². The van der Waals surface area contributed by atoms with Crippen molar-refractivity contribution in [2.24, 2.45) is 0 Å². The molecule has 3 aromatic carbocycles. The molecule has 1 aliphatic heterocycles. The first kappa shape index (κ1) is 27.8. The van der Waals surface area contributed by atoms with Gasteiger partial charge in [0.2, 0.25) is 0 Å². The Morgan fingerprint density at radius 1 is 1.10 bits per heavy atom. The van der Waals surface area contributed by atoms with Crippen molar-refractivity contribution in [2.75, 3.05) is 13.2 Å². The number of carbonyl (C=O) groups excluding carboxylic acids is 2. The minimum Gasteiger partial charge on any atom is -0.491 e. The quantitative estimate of drug-likeness (QED) is 0.160. The van der Waals surface area contributed by atoms with Crippen molar-refractivity contribution in [1.82, 2.24) is 20.2 Å². The average molecular weight is 654 g/mol. The van der Waals surface area contributed by atoms with Crippen LogP contribution in [0, 0.1) is 16.3 Å². The largest absolute Gasteiger partial charge is 0.491 e. The van der Waals surface area contributed by atoms with Crippen molar-refractivity contribution in [1.29, 1.82) is 0 Å². The third-order valence-electron chi connectivity index (χ3n) is 6.99. The topological polar surface area (TPSA) is 108 Å². The van der Waals surface area contributed by atoms with Gasteiger partial charge in [0.05, 0.1) is 12.3 Å². The van der Waals surface area contributed by atoms with Crippen LogP contribution in [-0.4, -0.2) is 45.1 Å². The number of hydrogen-bond donors (Lipinski definition) is 3. The summed E-state index contributed by atoms with van der Waals surface area (Å²) in [6.45, 7) is 3.77. The maximum atomic E-state index is 14.9. The molecule has 10 heteroatoms. The minimum atomic E-state index is -0.894. The lowest BCUT2D eigenvalue weighted by molar-refractivity contribution is -0.129. The van der Waals surface area contributed by atoms with Crippen LogP contribution < -0.4 is 10.1 Å². The number of nitrogens with one attached hydrogen (secondary N) is 2. The van der Waals surface area contributed by atoms with Crippen LogP contribution in [-0.2, 0) is 4.79 Å². The fraction of sp³-hybridized carbons (Fsp3) is 0.233. The predicted molar refractivity (Wildman–Crippen MR) is 156 cm³/mol. The number of urea groups is 1. The van der Waals surface area contributed by atoms with Gasteiger partial charge in [-0.2, -0.15) is 0 Å². The molecule has 0 saturated carbocycles. The molecule has 206 valence electrons. The molecule has 4 aromatic rings. The van der Waals surface area contributed by atoms with Crippen molar-refractivity contribution < 1.29 is 23.8 Å². The van der Waals surface area contributed by atoms with Crippen LogP contribution in [0.15, 0.2) is 72.8 Å². The summed E-state index contributed by atoms with van der Waals surface area (Å²) < 4.78 is 21.1. The number of H-pyrrole nitrogens is 1. The first-order valence-corrected chi connectivity index (χ1v) is 13.9. The van der Waals surface area contributed by atoms with Gasteiger partial charge in [-0.25, -0.2) is 14.2 Å². The molecular formula is C30H28FIN4O4. The van der Waals surface area contributed by atoms with E-state index in [1.165, 1.54) is 11.0 Å². The summed E-state index contributed by atoms with van der Waals surface area (Å²) in [5.74, 6) is -0.217. The number of aliphatic hydroxyl groups excluding tert-OH is 1. The van der Waals surface area contributed by atoms with E-state index in [1.54, 1.807) is 43.3 Å². The van der Waals surface area contributed by atoms with Gasteiger partial charge in [-0.1, -0.05) is 49.4 Å². The lowest BCUT2D eigenvalue weighted by Crippen LogP contribution is -2.38. The SMILES string of the molecule is Cc1[nH]c(C([C@@H](C)c2ccccc2)N2C(=O)N[C@H](c3ccc(OCCO)cc3)C2=O)nc1-c1ccc(I)cc1F. The third kappa shape index (κ3) is 5.46. The number of hydrogen-bond acceptors (Lipinski definition) is 5. The molecule has 0 bridgehead atoms. The van der Waals surface area contributed by atoms with Gasteiger partial charge >= 0.3 is 6.03 Å². The van der Waals surface area contributed by atoms with E-state index in [2.05, 4.69) is 32.9 Å². The molecule has 0 spiro atoms. The zero-order valence-corrected chi connectivity index (χ0v) is 24.1. The number of imide groups is 1. The van der Waals surface area contributed by atoms with Crippen LogP contribution in [0.1, 0.15) is 47.6 Å². The number of amides is 3. The molecule has 2 heterocycles. The summed E-state index contributed by atoms with van der Waals surface area (Å²) in [4.78, 5) is 36.5. The number of aliphatic hydroxyl groups is 1. The smallest absolute Gasteiger partial charge is 0.325 e. The lowest BCUT2D eigenvalue weighted by Gasteiger charge is -2.29. The molecule has 3 N–H and O–H groups in total. The van der Waals surface area contributed by atoms with Crippen molar-refractivity contribution in [3.63, 3.8) is 0 Å². The van der Waals surface area contributed by atoms with E-state index in [9.17, 15) is 14.0 Å². The van der Waals surface area contributed by atoms with E-state index in [-0.39, 0.29) is 19.1 Å². The van der Waals surface area contributed by atoms with Gasteiger partial charge in [0.15, 0.2) is 0 Å². The number of ether oxygens (including phenoxy) is 1. The minimum absolute atomic E-state index is 0.112. The number of benzene rings is 3. The van der Waals surface area contributed by atoms with Crippen LogP contribution in [0.2, 0.25) is 0 Å². The lowest BCUT2D eigenvalue weighted by atomic mass is 9.91. The Bertz CT molecular complexity index is 1530. The van der Waals surface area contributed by atoms with Gasteiger partial charge in [-0.3, -0.25) is 9.69 Å². The molecule has 8 nitrogen and oxygen atoms in total. The van der Waals surface area contributed by atoms with Gasteiger partial charge in [0.1, 0.15) is 36.1 Å². The molecule has 40 heavy (non-hydrogen) atoms. The summed E-state index contributed by atoms with van der Waals surface area (Å²) in [5, 5.41) is 11.8. The normalized spacial score (nSPS) is 16.6. The van der Waals surface area contributed by atoms with Crippen LogP contribution in [0.4, 0.5) is 9.18 Å². The van der Waals surface area contributed by atoms with E-state index in [4.69, 9.17) is 14.8 Å². The Balaban J connectivity index is 1.53. The zero-order chi connectivity index (χ0) is 28.4. The predicted octanol–water partition coefficient (Wildman–Crippen LogP) is 5.64. The van der Waals surface area contributed by atoms with Crippen LogP contribution >= 0.6 is 22.6 Å². The van der Waals surface area contributed by atoms with Crippen molar-refractivity contribution in [3.05, 3.63) is 105 Å². The average Bonchev–Trinajstić information content (AvgIpc) is 3.47.